The maximum absolute atomic E-state index is 12.5. The van der Waals surface area contributed by atoms with Gasteiger partial charge in [0, 0.05) is 36.3 Å². The van der Waals surface area contributed by atoms with Crippen molar-refractivity contribution < 1.29 is 19.1 Å². The number of esters is 1. The maximum atomic E-state index is 12.5. The summed E-state index contributed by atoms with van der Waals surface area (Å²) < 4.78 is 10.3. The second-order valence-corrected chi connectivity index (χ2v) is 5.24. The zero-order chi connectivity index (χ0) is 17.0. The number of amides is 1. The molecule has 0 unspecified atom stereocenters. The van der Waals surface area contributed by atoms with Crippen molar-refractivity contribution in [3.8, 4) is 11.5 Å². The van der Waals surface area contributed by atoms with Crippen LogP contribution in [0.1, 0.15) is 17.3 Å². The molecule has 0 atom stereocenters. The van der Waals surface area contributed by atoms with Gasteiger partial charge in [0.25, 0.3) is 5.91 Å². The van der Waals surface area contributed by atoms with E-state index < -0.39 is 5.97 Å². The summed E-state index contributed by atoms with van der Waals surface area (Å²) >= 11 is 5.92. The number of ether oxygens (including phenoxy) is 2. The molecule has 0 spiro atoms. The number of carbonyl (C=O) groups excluding carboxylic acids is 2. The third-order valence-electron chi connectivity index (χ3n) is 3.16. The summed E-state index contributed by atoms with van der Waals surface area (Å²) in [6.45, 7) is 1.30. The molecule has 120 valence electrons. The van der Waals surface area contributed by atoms with Gasteiger partial charge in [-0.1, -0.05) is 17.7 Å². The largest absolute Gasteiger partial charge is 0.493 e. The second kappa shape index (κ2) is 7.15. The first kappa shape index (κ1) is 16.8. The summed E-state index contributed by atoms with van der Waals surface area (Å²) in [5.41, 5.74) is 1.02. The number of anilines is 1. The monoisotopic (exact) mass is 333 g/mol. The average molecular weight is 334 g/mol. The molecule has 0 fully saturated rings. The van der Waals surface area contributed by atoms with E-state index in [1.807, 2.05) is 0 Å². The molecule has 0 saturated heterocycles. The Morgan fingerprint density at radius 2 is 1.83 bits per heavy atom. The van der Waals surface area contributed by atoms with Gasteiger partial charge in [0.2, 0.25) is 0 Å². The molecular weight excluding hydrogens is 318 g/mol. The Morgan fingerprint density at radius 3 is 2.43 bits per heavy atom. The molecule has 0 saturated carbocycles. The molecule has 2 aromatic carbocycles. The zero-order valence-electron chi connectivity index (χ0n) is 13.0. The van der Waals surface area contributed by atoms with Gasteiger partial charge in [-0.25, -0.2) is 0 Å². The molecule has 0 aliphatic rings. The SMILES string of the molecule is COc1ccc(N(C)C(=O)c2cccc(Cl)c2)cc1OC(C)=O. The van der Waals surface area contributed by atoms with Crippen LogP contribution in [-0.4, -0.2) is 26.0 Å². The summed E-state index contributed by atoms with van der Waals surface area (Å²) in [5, 5.41) is 0.486. The number of halogens is 1. The second-order valence-electron chi connectivity index (χ2n) is 4.80. The van der Waals surface area contributed by atoms with E-state index in [0.717, 1.165) is 0 Å². The first-order chi connectivity index (χ1) is 10.9. The Labute approximate surface area is 139 Å². The predicted octanol–water partition coefficient (Wildman–Crippen LogP) is 3.55. The van der Waals surface area contributed by atoms with Gasteiger partial charge in [-0.05, 0) is 30.3 Å². The Hall–Kier alpha value is -2.53. The average Bonchev–Trinajstić information content (AvgIpc) is 2.53. The van der Waals surface area contributed by atoms with Crippen LogP contribution in [0.25, 0.3) is 0 Å². The first-order valence-corrected chi connectivity index (χ1v) is 7.20. The van der Waals surface area contributed by atoms with Crippen LogP contribution < -0.4 is 14.4 Å². The Morgan fingerprint density at radius 1 is 1.09 bits per heavy atom. The molecule has 0 aliphatic heterocycles. The highest BCUT2D eigenvalue weighted by atomic mass is 35.5. The van der Waals surface area contributed by atoms with Crippen molar-refractivity contribution in [2.75, 3.05) is 19.1 Å². The van der Waals surface area contributed by atoms with E-state index in [0.29, 0.717) is 22.0 Å². The highest BCUT2D eigenvalue weighted by Gasteiger charge is 2.16. The molecule has 2 rings (SSSR count). The van der Waals surface area contributed by atoms with Crippen LogP contribution in [0.3, 0.4) is 0 Å². The molecule has 6 heteroatoms. The highest BCUT2D eigenvalue weighted by Crippen LogP contribution is 2.32. The molecule has 0 heterocycles. The fraction of sp³-hybridized carbons (Fsp3) is 0.176. The van der Waals surface area contributed by atoms with Gasteiger partial charge in [0.15, 0.2) is 11.5 Å². The van der Waals surface area contributed by atoms with E-state index in [2.05, 4.69) is 0 Å². The van der Waals surface area contributed by atoms with Crippen LogP contribution in [-0.2, 0) is 4.79 Å². The predicted molar refractivity (Wildman–Crippen MR) is 88.5 cm³/mol. The van der Waals surface area contributed by atoms with Gasteiger partial charge in [-0.2, -0.15) is 0 Å². The fourth-order valence-corrected chi connectivity index (χ4v) is 2.23. The Bertz CT molecular complexity index is 745. The lowest BCUT2D eigenvalue weighted by Gasteiger charge is -2.19. The van der Waals surface area contributed by atoms with Gasteiger partial charge in [-0.15, -0.1) is 0 Å². The van der Waals surface area contributed by atoms with Crippen molar-refractivity contribution >= 4 is 29.2 Å². The molecule has 0 radical (unpaired) electrons. The molecule has 23 heavy (non-hydrogen) atoms. The van der Waals surface area contributed by atoms with Crippen molar-refractivity contribution in [2.24, 2.45) is 0 Å². The van der Waals surface area contributed by atoms with Crippen molar-refractivity contribution in [3.63, 3.8) is 0 Å². The van der Waals surface area contributed by atoms with E-state index in [9.17, 15) is 9.59 Å². The number of methoxy groups -OCH3 is 1. The van der Waals surface area contributed by atoms with E-state index in [-0.39, 0.29) is 11.7 Å². The molecular formula is C17H16ClNO4. The van der Waals surface area contributed by atoms with Crippen molar-refractivity contribution in [3.05, 3.63) is 53.1 Å². The molecule has 1 amide bonds. The Kier molecular flexibility index (Phi) is 5.24. The van der Waals surface area contributed by atoms with Crippen LogP contribution in [0, 0.1) is 0 Å². The van der Waals surface area contributed by atoms with Crippen molar-refractivity contribution in [2.45, 2.75) is 6.92 Å². The van der Waals surface area contributed by atoms with Crippen molar-refractivity contribution in [1.29, 1.82) is 0 Å². The smallest absolute Gasteiger partial charge is 0.308 e. The number of rotatable bonds is 4. The van der Waals surface area contributed by atoms with E-state index in [1.165, 1.54) is 18.9 Å². The van der Waals surface area contributed by atoms with Crippen LogP contribution in [0.5, 0.6) is 11.5 Å². The van der Waals surface area contributed by atoms with E-state index >= 15 is 0 Å². The highest BCUT2D eigenvalue weighted by molar-refractivity contribution is 6.31. The third-order valence-corrected chi connectivity index (χ3v) is 3.40. The lowest BCUT2D eigenvalue weighted by atomic mass is 10.2. The van der Waals surface area contributed by atoms with Crippen LogP contribution in [0.15, 0.2) is 42.5 Å². The number of hydrogen-bond donors (Lipinski definition) is 0. The van der Waals surface area contributed by atoms with Crippen LogP contribution in [0.2, 0.25) is 5.02 Å². The minimum Gasteiger partial charge on any atom is -0.493 e. The van der Waals surface area contributed by atoms with Gasteiger partial charge in [0.1, 0.15) is 0 Å². The minimum atomic E-state index is -0.468. The summed E-state index contributed by atoms with van der Waals surface area (Å²) in [4.78, 5) is 25.1. The summed E-state index contributed by atoms with van der Waals surface area (Å²) in [6.07, 6.45) is 0. The quantitative estimate of drug-likeness (QED) is 0.634. The molecule has 0 N–H and O–H groups in total. The first-order valence-electron chi connectivity index (χ1n) is 6.82. The Balaban J connectivity index is 2.33. The maximum Gasteiger partial charge on any atom is 0.308 e. The van der Waals surface area contributed by atoms with Gasteiger partial charge >= 0.3 is 5.97 Å². The topological polar surface area (TPSA) is 55.8 Å². The summed E-state index contributed by atoms with van der Waals surface area (Å²) in [5.74, 6) is -0.0356. The van der Waals surface area contributed by atoms with Crippen LogP contribution in [0.4, 0.5) is 5.69 Å². The minimum absolute atomic E-state index is 0.230. The number of hydrogen-bond acceptors (Lipinski definition) is 4. The number of benzene rings is 2. The summed E-state index contributed by atoms with van der Waals surface area (Å²) in [7, 11) is 3.10. The van der Waals surface area contributed by atoms with E-state index in [4.69, 9.17) is 21.1 Å². The molecule has 0 aromatic heterocycles. The van der Waals surface area contributed by atoms with E-state index in [1.54, 1.807) is 49.5 Å². The lowest BCUT2D eigenvalue weighted by molar-refractivity contribution is -0.132. The number of carbonyl (C=O) groups is 2. The molecule has 0 bridgehead atoms. The summed E-state index contributed by atoms with van der Waals surface area (Å²) in [6, 6.07) is 11.6. The molecule has 0 aliphatic carbocycles. The molecule has 2 aromatic rings. The normalized spacial score (nSPS) is 10.1. The van der Waals surface area contributed by atoms with Gasteiger partial charge < -0.3 is 14.4 Å². The fourth-order valence-electron chi connectivity index (χ4n) is 2.04. The van der Waals surface area contributed by atoms with Gasteiger partial charge in [0.05, 0.1) is 7.11 Å². The lowest BCUT2D eigenvalue weighted by Crippen LogP contribution is -2.26. The third kappa shape index (κ3) is 4.02. The van der Waals surface area contributed by atoms with Gasteiger partial charge in [-0.3, -0.25) is 9.59 Å². The standard InChI is InChI=1S/C17H16ClNO4/c1-11(20)23-16-10-14(7-8-15(16)22-3)19(2)17(21)12-5-4-6-13(18)9-12/h4-10H,1-3H3. The van der Waals surface area contributed by atoms with Crippen molar-refractivity contribution in [1.82, 2.24) is 0 Å². The molecule has 5 nitrogen and oxygen atoms in total. The number of nitrogens with zero attached hydrogens (tertiary/aromatic N) is 1. The zero-order valence-corrected chi connectivity index (χ0v) is 13.8. The van der Waals surface area contributed by atoms with Crippen LogP contribution >= 0.6 is 11.6 Å².